The predicted octanol–water partition coefficient (Wildman–Crippen LogP) is 2.35. The Kier molecular flexibility index (Phi) is 3.73. The summed E-state index contributed by atoms with van der Waals surface area (Å²) < 4.78 is 1.77. The van der Waals surface area contributed by atoms with Crippen LogP contribution in [0.1, 0.15) is 54.4 Å². The number of hydrogen-bond donors (Lipinski definition) is 1. The number of amides is 1. The molecular weight excluding hydrogens is 226 g/mol. The first-order valence-corrected chi connectivity index (χ1v) is 6.81. The van der Waals surface area contributed by atoms with E-state index in [1.54, 1.807) is 4.68 Å². The van der Waals surface area contributed by atoms with Gasteiger partial charge in [-0.3, -0.25) is 9.48 Å². The van der Waals surface area contributed by atoms with Crippen LogP contribution < -0.4 is 5.32 Å². The van der Waals surface area contributed by atoms with Gasteiger partial charge in [0.15, 0.2) is 0 Å². The van der Waals surface area contributed by atoms with Crippen molar-refractivity contribution >= 4 is 5.91 Å². The second-order valence-corrected chi connectivity index (χ2v) is 5.51. The molecule has 0 unspecified atom stereocenters. The normalized spacial score (nSPS) is 24.0. The van der Waals surface area contributed by atoms with Crippen molar-refractivity contribution < 1.29 is 4.79 Å². The Morgan fingerprint density at radius 3 is 2.56 bits per heavy atom. The van der Waals surface area contributed by atoms with E-state index in [-0.39, 0.29) is 5.91 Å². The van der Waals surface area contributed by atoms with E-state index in [2.05, 4.69) is 17.3 Å². The van der Waals surface area contributed by atoms with Crippen molar-refractivity contribution in [3.8, 4) is 0 Å². The van der Waals surface area contributed by atoms with E-state index < -0.39 is 0 Å². The van der Waals surface area contributed by atoms with E-state index in [0.717, 1.165) is 23.4 Å². The van der Waals surface area contributed by atoms with Crippen LogP contribution in [0.2, 0.25) is 0 Å². The summed E-state index contributed by atoms with van der Waals surface area (Å²) in [4.78, 5) is 12.3. The fourth-order valence-corrected chi connectivity index (χ4v) is 2.87. The smallest absolute Gasteiger partial charge is 0.255 e. The van der Waals surface area contributed by atoms with E-state index in [9.17, 15) is 4.79 Å². The molecule has 1 fully saturated rings. The van der Waals surface area contributed by atoms with Crippen LogP contribution in [-0.4, -0.2) is 21.7 Å². The first-order valence-electron chi connectivity index (χ1n) is 6.81. The third-order valence-electron chi connectivity index (χ3n) is 4.16. The first-order chi connectivity index (χ1) is 8.50. The van der Waals surface area contributed by atoms with E-state index in [1.807, 2.05) is 20.9 Å². The molecule has 4 nitrogen and oxygen atoms in total. The lowest BCUT2D eigenvalue weighted by molar-refractivity contribution is 0.0909. The molecule has 1 aromatic heterocycles. The minimum absolute atomic E-state index is 0.0387. The highest BCUT2D eigenvalue weighted by Gasteiger charge is 2.25. The molecule has 0 bridgehead atoms. The van der Waals surface area contributed by atoms with Gasteiger partial charge in [-0.1, -0.05) is 19.8 Å². The van der Waals surface area contributed by atoms with E-state index in [4.69, 9.17) is 0 Å². The summed E-state index contributed by atoms with van der Waals surface area (Å²) in [5.74, 6) is 0.622. The molecule has 0 aromatic carbocycles. The Labute approximate surface area is 109 Å². The van der Waals surface area contributed by atoms with Crippen LogP contribution in [0.3, 0.4) is 0 Å². The van der Waals surface area contributed by atoms with Crippen molar-refractivity contribution in [2.45, 2.75) is 52.5 Å². The maximum Gasteiger partial charge on any atom is 0.255 e. The van der Waals surface area contributed by atoms with Crippen LogP contribution in [0, 0.1) is 19.8 Å². The summed E-state index contributed by atoms with van der Waals surface area (Å²) in [5, 5.41) is 7.49. The average molecular weight is 249 g/mol. The van der Waals surface area contributed by atoms with Crippen LogP contribution in [0.15, 0.2) is 0 Å². The van der Waals surface area contributed by atoms with Gasteiger partial charge in [0, 0.05) is 18.8 Å². The number of rotatable bonds is 2. The summed E-state index contributed by atoms with van der Waals surface area (Å²) in [6, 6.07) is 0.324. The van der Waals surface area contributed by atoms with Gasteiger partial charge >= 0.3 is 0 Å². The molecule has 1 amide bonds. The van der Waals surface area contributed by atoms with E-state index in [1.165, 1.54) is 19.3 Å². The maximum absolute atomic E-state index is 12.3. The van der Waals surface area contributed by atoms with Crippen molar-refractivity contribution in [2.75, 3.05) is 0 Å². The van der Waals surface area contributed by atoms with Crippen LogP contribution >= 0.6 is 0 Å². The largest absolute Gasteiger partial charge is 0.349 e. The standard InChI is InChI=1S/C14H23N3O/c1-9-7-5-6-8-12(9)15-14(18)13-10(2)16-17(4)11(13)3/h9,12H,5-8H2,1-4H3,(H,15,18)/t9-,12+/m1/s1. The topological polar surface area (TPSA) is 46.9 Å². The van der Waals surface area contributed by atoms with Crippen molar-refractivity contribution in [1.29, 1.82) is 0 Å². The van der Waals surface area contributed by atoms with Crippen molar-refractivity contribution in [1.82, 2.24) is 15.1 Å². The number of hydrogen-bond acceptors (Lipinski definition) is 2. The quantitative estimate of drug-likeness (QED) is 0.874. The Hall–Kier alpha value is -1.32. The van der Waals surface area contributed by atoms with Crippen LogP contribution in [0.5, 0.6) is 0 Å². The van der Waals surface area contributed by atoms with E-state index >= 15 is 0 Å². The zero-order valence-corrected chi connectivity index (χ0v) is 11.8. The summed E-state index contributed by atoms with van der Waals surface area (Å²) in [5.41, 5.74) is 2.50. The fourth-order valence-electron chi connectivity index (χ4n) is 2.87. The number of carbonyl (C=O) groups excluding carboxylic acids is 1. The third kappa shape index (κ3) is 2.42. The molecule has 1 heterocycles. The number of aromatic nitrogens is 2. The van der Waals surface area contributed by atoms with Gasteiger partial charge < -0.3 is 5.32 Å². The Morgan fingerprint density at radius 2 is 2.00 bits per heavy atom. The Morgan fingerprint density at radius 1 is 1.33 bits per heavy atom. The van der Waals surface area contributed by atoms with Crippen molar-refractivity contribution in [2.24, 2.45) is 13.0 Å². The SMILES string of the molecule is Cc1nn(C)c(C)c1C(=O)N[C@H]1CCCC[C@H]1C. The maximum atomic E-state index is 12.3. The zero-order valence-electron chi connectivity index (χ0n) is 11.8. The molecule has 1 aliphatic rings. The molecule has 0 spiro atoms. The lowest BCUT2D eigenvalue weighted by Crippen LogP contribution is -2.41. The summed E-state index contributed by atoms with van der Waals surface area (Å²) in [7, 11) is 1.88. The van der Waals surface area contributed by atoms with Gasteiger partial charge in [0.25, 0.3) is 5.91 Å². The van der Waals surface area contributed by atoms with Gasteiger partial charge in [-0.05, 0) is 32.6 Å². The molecule has 18 heavy (non-hydrogen) atoms. The summed E-state index contributed by atoms with van der Waals surface area (Å²) in [6.07, 6.45) is 4.83. The van der Waals surface area contributed by atoms with Crippen molar-refractivity contribution in [3.63, 3.8) is 0 Å². The van der Waals surface area contributed by atoms with Crippen LogP contribution in [0.4, 0.5) is 0 Å². The second-order valence-electron chi connectivity index (χ2n) is 5.51. The molecule has 0 radical (unpaired) electrons. The van der Waals surface area contributed by atoms with Crippen molar-refractivity contribution in [3.05, 3.63) is 17.0 Å². The van der Waals surface area contributed by atoms with Gasteiger partial charge in [0.05, 0.1) is 11.3 Å². The van der Waals surface area contributed by atoms with Crippen LogP contribution in [-0.2, 0) is 7.05 Å². The molecule has 100 valence electrons. The molecule has 0 aliphatic heterocycles. The van der Waals surface area contributed by atoms with Gasteiger partial charge in [-0.25, -0.2) is 0 Å². The molecule has 1 aliphatic carbocycles. The van der Waals surface area contributed by atoms with Crippen LogP contribution in [0.25, 0.3) is 0 Å². The van der Waals surface area contributed by atoms with Gasteiger partial charge in [-0.15, -0.1) is 0 Å². The highest BCUT2D eigenvalue weighted by atomic mass is 16.1. The molecule has 1 saturated carbocycles. The molecule has 0 saturated heterocycles. The van der Waals surface area contributed by atoms with Gasteiger partial charge in [-0.2, -0.15) is 5.10 Å². The molecule has 1 N–H and O–H groups in total. The Balaban J connectivity index is 2.12. The van der Waals surface area contributed by atoms with Gasteiger partial charge in [0.1, 0.15) is 0 Å². The number of nitrogens with zero attached hydrogens (tertiary/aromatic N) is 2. The molecule has 2 atom stereocenters. The third-order valence-corrected chi connectivity index (χ3v) is 4.16. The lowest BCUT2D eigenvalue weighted by atomic mass is 9.86. The number of carbonyl (C=O) groups is 1. The number of aryl methyl sites for hydroxylation is 2. The minimum Gasteiger partial charge on any atom is -0.349 e. The summed E-state index contributed by atoms with van der Waals surface area (Å²) in [6.45, 7) is 6.07. The highest BCUT2D eigenvalue weighted by molar-refractivity contribution is 5.96. The Bertz CT molecular complexity index is 450. The fraction of sp³-hybridized carbons (Fsp3) is 0.714. The zero-order chi connectivity index (χ0) is 13.3. The summed E-state index contributed by atoms with van der Waals surface area (Å²) >= 11 is 0. The number of nitrogens with one attached hydrogen (secondary N) is 1. The average Bonchev–Trinajstić information content (AvgIpc) is 2.56. The second kappa shape index (κ2) is 5.12. The molecule has 2 rings (SSSR count). The lowest BCUT2D eigenvalue weighted by Gasteiger charge is -2.29. The highest BCUT2D eigenvalue weighted by Crippen LogP contribution is 2.24. The first kappa shape index (κ1) is 13.1. The molecular formula is C14H23N3O. The molecule has 1 aromatic rings. The molecule has 4 heteroatoms. The predicted molar refractivity (Wildman–Crippen MR) is 71.6 cm³/mol. The van der Waals surface area contributed by atoms with Gasteiger partial charge in [0.2, 0.25) is 0 Å². The van der Waals surface area contributed by atoms with E-state index in [0.29, 0.717) is 12.0 Å². The minimum atomic E-state index is 0.0387. The monoisotopic (exact) mass is 249 g/mol.